The third kappa shape index (κ3) is 4.52. The van der Waals surface area contributed by atoms with Crippen molar-refractivity contribution in [2.75, 3.05) is 7.11 Å². The molecule has 3 nitrogen and oxygen atoms in total. The molecule has 7 heteroatoms. The minimum absolute atomic E-state index is 0.102. The monoisotopic (exact) mass is 395 g/mol. The summed E-state index contributed by atoms with van der Waals surface area (Å²) in [7, 11) is 1.47. The predicted molar refractivity (Wildman–Crippen MR) is 101 cm³/mol. The van der Waals surface area contributed by atoms with E-state index >= 15 is 0 Å². The number of methoxy groups -OCH3 is 1. The summed E-state index contributed by atoms with van der Waals surface area (Å²) in [6.07, 6.45) is -0.0774. The van der Waals surface area contributed by atoms with E-state index in [1.165, 1.54) is 43.6 Å². The lowest BCUT2D eigenvalue weighted by Crippen LogP contribution is -2.12. The van der Waals surface area contributed by atoms with E-state index in [0.29, 0.717) is 11.3 Å². The van der Waals surface area contributed by atoms with Crippen molar-refractivity contribution in [3.05, 3.63) is 94.0 Å². The van der Waals surface area contributed by atoms with E-state index in [2.05, 4.69) is 13.2 Å². The predicted octanol–water partition coefficient (Wildman–Crippen LogP) is 5.46. The van der Waals surface area contributed by atoms with Crippen molar-refractivity contribution in [1.82, 2.24) is 4.57 Å². The van der Waals surface area contributed by atoms with E-state index in [9.17, 15) is 18.0 Å². The molecule has 2 rings (SSSR count). The molecule has 2 aromatic rings. The van der Waals surface area contributed by atoms with Gasteiger partial charge >= 0.3 is 6.18 Å². The van der Waals surface area contributed by atoms with Crippen molar-refractivity contribution < 1.29 is 17.9 Å². The van der Waals surface area contributed by atoms with E-state index in [-0.39, 0.29) is 23.2 Å². The van der Waals surface area contributed by atoms with Gasteiger partial charge in [-0.15, -0.1) is 0 Å². The standard InChI is InChI=1S/C20H17ClF3NO2/c1-4-13(18(5-2)27-3)12-25-10-9-14(26)11-17(25)15-7-6-8-16(19(15)21)20(22,23)24/h4-11H,1-2,12H2,3H3/b18-13-. The van der Waals surface area contributed by atoms with Crippen molar-refractivity contribution in [2.45, 2.75) is 12.7 Å². The van der Waals surface area contributed by atoms with Crippen LogP contribution in [0.25, 0.3) is 11.3 Å². The number of aromatic nitrogens is 1. The first-order valence-electron chi connectivity index (χ1n) is 7.81. The number of ether oxygens (including phenoxy) is 1. The number of rotatable bonds is 6. The van der Waals surface area contributed by atoms with Gasteiger partial charge in [0.05, 0.1) is 29.9 Å². The molecule has 0 atom stereocenters. The van der Waals surface area contributed by atoms with Gasteiger partial charge in [-0.05, 0) is 12.1 Å². The third-order valence-corrected chi connectivity index (χ3v) is 4.30. The van der Waals surface area contributed by atoms with Crippen molar-refractivity contribution in [1.29, 1.82) is 0 Å². The molecule has 27 heavy (non-hydrogen) atoms. The van der Waals surface area contributed by atoms with Crippen LogP contribution in [0.15, 0.2) is 78.0 Å². The van der Waals surface area contributed by atoms with Gasteiger partial charge in [-0.2, -0.15) is 13.2 Å². The number of allylic oxidation sites excluding steroid dienone is 3. The Bertz CT molecular complexity index is 958. The fourth-order valence-corrected chi connectivity index (χ4v) is 2.93. The van der Waals surface area contributed by atoms with Crippen molar-refractivity contribution >= 4 is 11.6 Å². The van der Waals surface area contributed by atoms with Gasteiger partial charge in [-0.1, -0.05) is 43.0 Å². The van der Waals surface area contributed by atoms with Crippen LogP contribution in [0.4, 0.5) is 13.2 Å². The average Bonchev–Trinajstić information content (AvgIpc) is 2.62. The van der Waals surface area contributed by atoms with Gasteiger partial charge in [0, 0.05) is 29.5 Å². The Morgan fingerprint density at radius 3 is 2.52 bits per heavy atom. The molecule has 0 aliphatic heterocycles. The Balaban J connectivity index is 2.69. The van der Waals surface area contributed by atoms with Crippen LogP contribution < -0.4 is 5.43 Å². The minimum atomic E-state index is -4.61. The number of benzene rings is 1. The van der Waals surface area contributed by atoms with Gasteiger partial charge in [0.15, 0.2) is 5.43 Å². The number of pyridine rings is 1. The highest BCUT2D eigenvalue weighted by Gasteiger charge is 2.34. The molecule has 0 unspecified atom stereocenters. The van der Waals surface area contributed by atoms with E-state index in [0.717, 1.165) is 6.07 Å². The largest absolute Gasteiger partial charge is 0.496 e. The van der Waals surface area contributed by atoms with E-state index in [4.69, 9.17) is 16.3 Å². The highest BCUT2D eigenvalue weighted by atomic mass is 35.5. The van der Waals surface area contributed by atoms with Crippen LogP contribution in [0.5, 0.6) is 0 Å². The summed E-state index contributed by atoms with van der Waals surface area (Å²) < 4.78 is 46.4. The Morgan fingerprint density at radius 1 is 1.26 bits per heavy atom. The quantitative estimate of drug-likeness (QED) is 0.480. The average molecular weight is 396 g/mol. The van der Waals surface area contributed by atoms with E-state index in [1.807, 2.05) is 0 Å². The van der Waals surface area contributed by atoms with Gasteiger partial charge in [0.2, 0.25) is 0 Å². The maximum Gasteiger partial charge on any atom is 0.417 e. The number of alkyl halides is 3. The number of halogens is 4. The molecule has 0 radical (unpaired) electrons. The topological polar surface area (TPSA) is 31.2 Å². The van der Waals surface area contributed by atoms with Crippen LogP contribution >= 0.6 is 11.6 Å². The second-order valence-corrected chi connectivity index (χ2v) is 5.92. The molecule has 0 fully saturated rings. The SMILES string of the molecule is C=C/C(Cn1ccc(=O)cc1-c1cccc(C(F)(F)F)c1Cl)=C(\C=C)OC. The van der Waals surface area contributed by atoms with Crippen LogP contribution in [0.1, 0.15) is 5.56 Å². The first-order chi connectivity index (χ1) is 12.7. The lowest BCUT2D eigenvalue weighted by Gasteiger charge is -2.18. The maximum atomic E-state index is 13.2. The second kappa shape index (κ2) is 8.31. The zero-order valence-corrected chi connectivity index (χ0v) is 15.3. The molecule has 0 N–H and O–H groups in total. The van der Waals surface area contributed by atoms with Gasteiger partial charge in [-0.25, -0.2) is 0 Å². The Hall–Kier alpha value is -2.73. The maximum absolute atomic E-state index is 13.2. The minimum Gasteiger partial charge on any atom is -0.496 e. The summed E-state index contributed by atoms with van der Waals surface area (Å²) in [5.41, 5.74) is -0.328. The lowest BCUT2D eigenvalue weighted by atomic mass is 10.1. The highest BCUT2D eigenvalue weighted by molar-refractivity contribution is 6.34. The fraction of sp³-hybridized carbons (Fsp3) is 0.150. The van der Waals surface area contributed by atoms with Gasteiger partial charge in [0.1, 0.15) is 5.76 Å². The van der Waals surface area contributed by atoms with E-state index < -0.39 is 16.8 Å². The smallest absolute Gasteiger partial charge is 0.417 e. The Labute approximate surface area is 159 Å². The first kappa shape index (κ1) is 20.6. The lowest BCUT2D eigenvalue weighted by molar-refractivity contribution is -0.137. The molecule has 1 aromatic heterocycles. The number of hydrogen-bond acceptors (Lipinski definition) is 2. The third-order valence-electron chi connectivity index (χ3n) is 3.90. The summed E-state index contributed by atoms with van der Waals surface area (Å²) >= 11 is 6.03. The summed E-state index contributed by atoms with van der Waals surface area (Å²) in [6.45, 7) is 7.57. The number of nitrogens with zero attached hydrogens (tertiary/aromatic N) is 1. The normalized spacial score (nSPS) is 12.3. The fourth-order valence-electron chi connectivity index (χ4n) is 2.60. The molecule has 0 saturated heterocycles. The zero-order chi connectivity index (χ0) is 20.2. The first-order valence-corrected chi connectivity index (χ1v) is 8.19. The summed E-state index contributed by atoms with van der Waals surface area (Å²) in [4.78, 5) is 11.9. The van der Waals surface area contributed by atoms with Gasteiger partial charge < -0.3 is 9.30 Å². The summed E-state index contributed by atoms with van der Waals surface area (Å²) in [5, 5.41) is -0.468. The van der Waals surface area contributed by atoms with Crippen LogP contribution in [0.2, 0.25) is 5.02 Å². The molecule has 0 bridgehead atoms. The molecule has 0 aliphatic carbocycles. The molecule has 0 amide bonds. The van der Waals surface area contributed by atoms with Crippen molar-refractivity contribution in [3.8, 4) is 11.3 Å². The van der Waals surface area contributed by atoms with Gasteiger partial charge in [-0.3, -0.25) is 4.79 Å². The van der Waals surface area contributed by atoms with Crippen LogP contribution in [0, 0.1) is 0 Å². The molecule has 0 aliphatic rings. The van der Waals surface area contributed by atoms with Crippen LogP contribution in [-0.4, -0.2) is 11.7 Å². The van der Waals surface area contributed by atoms with Crippen molar-refractivity contribution in [3.63, 3.8) is 0 Å². The van der Waals surface area contributed by atoms with Crippen LogP contribution in [0.3, 0.4) is 0 Å². The van der Waals surface area contributed by atoms with Crippen LogP contribution in [-0.2, 0) is 17.5 Å². The molecular formula is C20H17ClF3NO2. The molecule has 1 heterocycles. The Morgan fingerprint density at radius 2 is 1.96 bits per heavy atom. The number of hydrogen-bond donors (Lipinski definition) is 0. The highest BCUT2D eigenvalue weighted by Crippen LogP contribution is 2.39. The Kier molecular flexibility index (Phi) is 6.33. The summed E-state index contributed by atoms with van der Waals surface area (Å²) in [6, 6.07) is 6.13. The molecular weight excluding hydrogens is 379 g/mol. The zero-order valence-electron chi connectivity index (χ0n) is 14.5. The molecule has 142 valence electrons. The molecule has 0 saturated carbocycles. The van der Waals surface area contributed by atoms with E-state index in [1.54, 1.807) is 10.6 Å². The molecule has 0 spiro atoms. The second-order valence-electron chi connectivity index (χ2n) is 5.54. The molecule has 1 aromatic carbocycles. The summed E-state index contributed by atoms with van der Waals surface area (Å²) in [5.74, 6) is 0.463. The van der Waals surface area contributed by atoms with Gasteiger partial charge in [0.25, 0.3) is 0 Å². The van der Waals surface area contributed by atoms with Crippen molar-refractivity contribution in [2.24, 2.45) is 0 Å².